The van der Waals surface area contributed by atoms with E-state index in [1.54, 1.807) is 6.20 Å². The van der Waals surface area contributed by atoms with Crippen molar-refractivity contribution in [2.75, 3.05) is 0 Å². The second-order valence-electron chi connectivity index (χ2n) is 5.53. The van der Waals surface area contributed by atoms with Crippen LogP contribution in [0.2, 0.25) is 5.02 Å². The third-order valence-corrected chi connectivity index (χ3v) is 4.01. The highest BCUT2D eigenvalue weighted by atomic mass is 35.5. The fourth-order valence-electron chi connectivity index (χ4n) is 2.57. The fourth-order valence-corrected chi connectivity index (χ4v) is 2.72. The molecule has 6 nitrogen and oxygen atoms in total. The summed E-state index contributed by atoms with van der Waals surface area (Å²) in [5.41, 5.74) is 3.94. The van der Waals surface area contributed by atoms with E-state index in [1.165, 1.54) is 10.9 Å². The molecular formula is C17H18ClN5O. The Morgan fingerprint density at radius 2 is 2.00 bits per heavy atom. The van der Waals surface area contributed by atoms with Crippen LogP contribution in [0.5, 0.6) is 0 Å². The minimum atomic E-state index is -0.124. The molecule has 7 heteroatoms. The number of nitrogens with zero attached hydrogens (tertiary/aromatic N) is 4. The van der Waals surface area contributed by atoms with Crippen molar-refractivity contribution in [1.29, 1.82) is 0 Å². The van der Waals surface area contributed by atoms with Gasteiger partial charge >= 0.3 is 0 Å². The quantitative estimate of drug-likeness (QED) is 0.774. The average Bonchev–Trinajstić information content (AvgIpc) is 3.10. The SMILES string of the molecule is Cc1nn(-c2ccccc2)c(C)c1CNC(=O)Cn1cc(Cl)cn1. The third kappa shape index (κ3) is 3.49. The van der Waals surface area contributed by atoms with E-state index >= 15 is 0 Å². The Labute approximate surface area is 145 Å². The van der Waals surface area contributed by atoms with Gasteiger partial charge in [0.05, 0.1) is 22.6 Å². The minimum Gasteiger partial charge on any atom is -0.350 e. The number of carbonyl (C=O) groups is 1. The molecule has 0 aliphatic carbocycles. The van der Waals surface area contributed by atoms with Crippen molar-refractivity contribution in [1.82, 2.24) is 24.9 Å². The summed E-state index contributed by atoms with van der Waals surface area (Å²) in [5.74, 6) is -0.124. The molecule has 0 aliphatic rings. The molecule has 0 saturated heterocycles. The average molecular weight is 344 g/mol. The topological polar surface area (TPSA) is 64.7 Å². The van der Waals surface area contributed by atoms with E-state index in [2.05, 4.69) is 15.5 Å². The zero-order chi connectivity index (χ0) is 17.1. The van der Waals surface area contributed by atoms with Gasteiger partial charge in [-0.1, -0.05) is 29.8 Å². The summed E-state index contributed by atoms with van der Waals surface area (Å²) >= 11 is 5.79. The summed E-state index contributed by atoms with van der Waals surface area (Å²) < 4.78 is 3.40. The summed E-state index contributed by atoms with van der Waals surface area (Å²) in [6, 6.07) is 9.93. The molecule has 124 valence electrons. The molecule has 0 radical (unpaired) electrons. The molecule has 0 aliphatic heterocycles. The van der Waals surface area contributed by atoms with Gasteiger partial charge in [0.15, 0.2) is 0 Å². The largest absolute Gasteiger partial charge is 0.350 e. The van der Waals surface area contributed by atoms with Crippen molar-refractivity contribution in [3.63, 3.8) is 0 Å². The van der Waals surface area contributed by atoms with Gasteiger partial charge in [-0.15, -0.1) is 0 Å². The second-order valence-corrected chi connectivity index (χ2v) is 5.97. The van der Waals surface area contributed by atoms with Crippen molar-refractivity contribution in [2.24, 2.45) is 0 Å². The normalized spacial score (nSPS) is 10.8. The van der Waals surface area contributed by atoms with E-state index < -0.39 is 0 Å². The molecule has 0 unspecified atom stereocenters. The number of aryl methyl sites for hydroxylation is 1. The third-order valence-electron chi connectivity index (χ3n) is 3.81. The standard InChI is InChI=1S/C17H18ClN5O/c1-12-16(9-19-17(24)11-22-10-14(18)8-20-22)13(2)23(21-12)15-6-4-3-5-7-15/h3-8,10H,9,11H2,1-2H3,(H,19,24). The summed E-state index contributed by atoms with van der Waals surface area (Å²) in [6.45, 7) is 4.51. The van der Waals surface area contributed by atoms with E-state index in [0.717, 1.165) is 22.6 Å². The summed E-state index contributed by atoms with van der Waals surface area (Å²) in [6.07, 6.45) is 3.12. The highest BCUT2D eigenvalue weighted by Gasteiger charge is 2.13. The molecule has 0 bridgehead atoms. The number of benzene rings is 1. The number of amides is 1. The molecule has 0 atom stereocenters. The Kier molecular flexibility index (Phi) is 4.66. The second kappa shape index (κ2) is 6.88. The number of aromatic nitrogens is 4. The van der Waals surface area contributed by atoms with E-state index in [0.29, 0.717) is 11.6 Å². The lowest BCUT2D eigenvalue weighted by molar-refractivity contribution is -0.122. The first-order chi connectivity index (χ1) is 11.5. The zero-order valence-electron chi connectivity index (χ0n) is 13.5. The van der Waals surface area contributed by atoms with Gasteiger partial charge in [0.25, 0.3) is 0 Å². The molecule has 3 rings (SSSR count). The molecule has 1 amide bonds. The lowest BCUT2D eigenvalue weighted by Crippen LogP contribution is -2.27. The Morgan fingerprint density at radius 3 is 2.67 bits per heavy atom. The van der Waals surface area contributed by atoms with Gasteiger partial charge in [0.2, 0.25) is 5.91 Å². The highest BCUT2D eigenvalue weighted by Crippen LogP contribution is 2.17. The van der Waals surface area contributed by atoms with Crippen LogP contribution in [-0.2, 0) is 17.9 Å². The molecule has 24 heavy (non-hydrogen) atoms. The lowest BCUT2D eigenvalue weighted by Gasteiger charge is -2.07. The number of rotatable bonds is 5. The minimum absolute atomic E-state index is 0.124. The zero-order valence-corrected chi connectivity index (χ0v) is 14.3. The fraction of sp³-hybridized carbons (Fsp3) is 0.235. The van der Waals surface area contributed by atoms with Crippen molar-refractivity contribution >= 4 is 17.5 Å². The molecule has 0 saturated carbocycles. The van der Waals surface area contributed by atoms with Crippen LogP contribution in [0.15, 0.2) is 42.7 Å². The molecule has 0 fully saturated rings. The van der Waals surface area contributed by atoms with Crippen molar-refractivity contribution in [2.45, 2.75) is 26.9 Å². The summed E-state index contributed by atoms with van der Waals surface area (Å²) in [5, 5.41) is 12.0. The molecular weight excluding hydrogens is 326 g/mol. The monoisotopic (exact) mass is 343 g/mol. The summed E-state index contributed by atoms with van der Waals surface area (Å²) in [7, 11) is 0. The van der Waals surface area contributed by atoms with E-state index in [4.69, 9.17) is 11.6 Å². The number of nitrogens with one attached hydrogen (secondary N) is 1. The van der Waals surface area contributed by atoms with Gasteiger partial charge in [-0.25, -0.2) is 4.68 Å². The van der Waals surface area contributed by atoms with Crippen LogP contribution in [0.25, 0.3) is 5.69 Å². The number of para-hydroxylation sites is 1. The molecule has 0 spiro atoms. The van der Waals surface area contributed by atoms with Crippen molar-refractivity contribution < 1.29 is 4.79 Å². The smallest absolute Gasteiger partial charge is 0.242 e. The van der Waals surface area contributed by atoms with Gasteiger partial charge in [-0.2, -0.15) is 10.2 Å². The Balaban J connectivity index is 1.69. The van der Waals surface area contributed by atoms with Gasteiger partial charge < -0.3 is 5.32 Å². The molecule has 3 aromatic rings. The molecule has 2 heterocycles. The lowest BCUT2D eigenvalue weighted by atomic mass is 10.2. The first-order valence-electron chi connectivity index (χ1n) is 7.60. The van der Waals surface area contributed by atoms with E-state index in [-0.39, 0.29) is 12.5 Å². The van der Waals surface area contributed by atoms with Gasteiger partial charge in [0.1, 0.15) is 6.54 Å². The van der Waals surface area contributed by atoms with Gasteiger partial charge in [-0.05, 0) is 26.0 Å². The Hall–Kier alpha value is -2.60. The van der Waals surface area contributed by atoms with Crippen LogP contribution in [-0.4, -0.2) is 25.5 Å². The van der Waals surface area contributed by atoms with Crippen LogP contribution in [0.1, 0.15) is 17.0 Å². The molecule has 2 aromatic heterocycles. The number of hydrogen-bond donors (Lipinski definition) is 1. The van der Waals surface area contributed by atoms with Gasteiger partial charge in [0, 0.05) is 24.0 Å². The number of halogens is 1. The highest BCUT2D eigenvalue weighted by molar-refractivity contribution is 6.30. The van der Waals surface area contributed by atoms with Crippen LogP contribution in [0, 0.1) is 13.8 Å². The van der Waals surface area contributed by atoms with Crippen molar-refractivity contribution in [3.8, 4) is 5.69 Å². The number of carbonyl (C=O) groups excluding carboxylic acids is 1. The Bertz CT molecular complexity index is 853. The van der Waals surface area contributed by atoms with Crippen LogP contribution in [0.4, 0.5) is 0 Å². The predicted octanol–water partition coefficient (Wildman–Crippen LogP) is 2.66. The van der Waals surface area contributed by atoms with Crippen LogP contribution >= 0.6 is 11.6 Å². The molecule has 1 N–H and O–H groups in total. The maximum Gasteiger partial charge on any atom is 0.242 e. The van der Waals surface area contributed by atoms with Crippen molar-refractivity contribution in [3.05, 3.63) is 64.7 Å². The summed E-state index contributed by atoms with van der Waals surface area (Å²) in [4.78, 5) is 12.1. The molecule has 1 aromatic carbocycles. The van der Waals surface area contributed by atoms with Crippen LogP contribution < -0.4 is 5.32 Å². The van der Waals surface area contributed by atoms with Crippen LogP contribution in [0.3, 0.4) is 0 Å². The van der Waals surface area contributed by atoms with E-state index in [9.17, 15) is 4.79 Å². The maximum atomic E-state index is 12.1. The first kappa shape index (κ1) is 16.3. The Morgan fingerprint density at radius 1 is 1.25 bits per heavy atom. The first-order valence-corrected chi connectivity index (χ1v) is 7.97. The number of hydrogen-bond acceptors (Lipinski definition) is 3. The maximum absolute atomic E-state index is 12.1. The predicted molar refractivity (Wildman–Crippen MR) is 92.1 cm³/mol. The van der Waals surface area contributed by atoms with E-state index in [1.807, 2.05) is 48.9 Å². The van der Waals surface area contributed by atoms with Gasteiger partial charge in [-0.3, -0.25) is 9.48 Å².